The number of hydrogen-bond donors (Lipinski definition) is 2. The third kappa shape index (κ3) is 2.68. The quantitative estimate of drug-likeness (QED) is 0.787. The molecule has 3 N–H and O–H groups in total. The van der Waals surface area contributed by atoms with Crippen molar-refractivity contribution in [2.75, 3.05) is 11.1 Å². The predicted molar refractivity (Wildman–Crippen MR) is 70.3 cm³/mol. The molecule has 88 valence electrons. The van der Waals surface area contributed by atoms with Gasteiger partial charge in [0.05, 0.1) is 11.4 Å². The zero-order valence-corrected chi connectivity index (χ0v) is 10.1. The first-order chi connectivity index (χ1) is 8.06. The Hall–Kier alpha value is -1.74. The monoisotopic (exact) mass is 250 g/mol. The van der Waals surface area contributed by atoms with E-state index in [0.717, 1.165) is 5.56 Å². The molecule has 0 unspecified atom stereocenters. The Morgan fingerprint density at radius 1 is 1.12 bits per heavy atom. The van der Waals surface area contributed by atoms with Crippen LogP contribution in [0.25, 0.3) is 0 Å². The summed E-state index contributed by atoms with van der Waals surface area (Å²) >= 11 is 5.81. The van der Waals surface area contributed by atoms with Crippen LogP contribution in [-0.4, -0.2) is 0 Å². The van der Waals surface area contributed by atoms with Crippen molar-refractivity contribution < 1.29 is 4.39 Å². The molecule has 0 spiro atoms. The fraction of sp³-hybridized carbons (Fsp3) is 0.0769. The van der Waals surface area contributed by atoms with Gasteiger partial charge in [-0.1, -0.05) is 17.7 Å². The fourth-order valence-corrected chi connectivity index (χ4v) is 1.70. The van der Waals surface area contributed by atoms with E-state index in [1.54, 1.807) is 24.3 Å². The second-order valence-corrected chi connectivity index (χ2v) is 4.25. The van der Waals surface area contributed by atoms with Gasteiger partial charge in [0.25, 0.3) is 0 Å². The van der Waals surface area contributed by atoms with Gasteiger partial charge in [0, 0.05) is 10.7 Å². The molecule has 0 fully saturated rings. The van der Waals surface area contributed by atoms with Gasteiger partial charge in [0.15, 0.2) is 0 Å². The minimum absolute atomic E-state index is 0.286. The summed E-state index contributed by atoms with van der Waals surface area (Å²) in [7, 11) is 0. The van der Waals surface area contributed by atoms with Crippen LogP contribution in [0.2, 0.25) is 5.02 Å². The number of nitrogens with two attached hydrogens (primary N) is 1. The van der Waals surface area contributed by atoms with Crippen LogP contribution in [0.5, 0.6) is 0 Å². The number of rotatable bonds is 2. The summed E-state index contributed by atoms with van der Waals surface area (Å²) in [5.74, 6) is -0.286. The van der Waals surface area contributed by atoms with Gasteiger partial charge in [0.2, 0.25) is 0 Å². The highest BCUT2D eigenvalue weighted by Gasteiger charge is 2.04. The van der Waals surface area contributed by atoms with Crippen LogP contribution in [0.3, 0.4) is 0 Å². The summed E-state index contributed by atoms with van der Waals surface area (Å²) in [6, 6.07) is 9.72. The van der Waals surface area contributed by atoms with Crippen LogP contribution in [0.4, 0.5) is 21.5 Å². The van der Waals surface area contributed by atoms with Gasteiger partial charge in [-0.05, 0) is 42.8 Å². The van der Waals surface area contributed by atoms with Gasteiger partial charge in [0.1, 0.15) is 5.82 Å². The molecule has 0 aliphatic rings. The van der Waals surface area contributed by atoms with Gasteiger partial charge < -0.3 is 11.1 Å². The maximum Gasteiger partial charge on any atom is 0.125 e. The Labute approximate surface area is 104 Å². The van der Waals surface area contributed by atoms with E-state index in [9.17, 15) is 4.39 Å². The highest BCUT2D eigenvalue weighted by Crippen LogP contribution is 2.27. The smallest absolute Gasteiger partial charge is 0.125 e. The second-order valence-electron chi connectivity index (χ2n) is 3.82. The lowest BCUT2D eigenvalue weighted by Crippen LogP contribution is -1.98. The van der Waals surface area contributed by atoms with Gasteiger partial charge in [-0.2, -0.15) is 0 Å². The third-order valence-electron chi connectivity index (χ3n) is 2.48. The summed E-state index contributed by atoms with van der Waals surface area (Å²) in [5, 5.41) is 3.66. The van der Waals surface area contributed by atoms with Crippen molar-refractivity contribution in [2.24, 2.45) is 0 Å². The Morgan fingerprint density at radius 2 is 1.88 bits per heavy atom. The van der Waals surface area contributed by atoms with E-state index in [1.807, 2.05) is 6.92 Å². The number of anilines is 3. The maximum absolute atomic E-state index is 13.1. The van der Waals surface area contributed by atoms with E-state index in [1.165, 1.54) is 12.1 Å². The van der Waals surface area contributed by atoms with Gasteiger partial charge >= 0.3 is 0 Å². The molecule has 0 atom stereocenters. The minimum atomic E-state index is -0.286. The molecule has 0 saturated carbocycles. The molecule has 0 aliphatic carbocycles. The van der Waals surface area contributed by atoms with Crippen molar-refractivity contribution in [3.63, 3.8) is 0 Å². The van der Waals surface area contributed by atoms with Gasteiger partial charge in [-0.25, -0.2) is 4.39 Å². The van der Waals surface area contributed by atoms with E-state index >= 15 is 0 Å². The van der Waals surface area contributed by atoms with Crippen molar-refractivity contribution in [1.29, 1.82) is 0 Å². The van der Waals surface area contributed by atoms with Gasteiger partial charge in [-0.15, -0.1) is 0 Å². The van der Waals surface area contributed by atoms with Crippen LogP contribution in [-0.2, 0) is 0 Å². The first-order valence-corrected chi connectivity index (χ1v) is 5.52. The molecule has 2 aromatic rings. The minimum Gasteiger partial charge on any atom is -0.397 e. The largest absolute Gasteiger partial charge is 0.397 e. The molecule has 0 amide bonds. The summed E-state index contributed by atoms with van der Waals surface area (Å²) in [5.41, 5.74) is 8.70. The zero-order valence-electron chi connectivity index (χ0n) is 9.30. The van der Waals surface area contributed by atoms with E-state index < -0.39 is 0 Å². The predicted octanol–water partition coefficient (Wildman–Crippen LogP) is 4.11. The van der Waals surface area contributed by atoms with Crippen LogP contribution in [0, 0.1) is 12.7 Å². The standard InChI is InChI=1S/C13H12ClFN2/c1-8-2-4-10(15)7-13(8)17-12-5-3-9(14)6-11(12)16/h2-7,17H,16H2,1H3. The van der Waals surface area contributed by atoms with E-state index in [-0.39, 0.29) is 5.82 Å². The SMILES string of the molecule is Cc1ccc(F)cc1Nc1ccc(Cl)cc1N. The molecule has 2 aromatic carbocycles. The molecule has 4 heteroatoms. The Kier molecular flexibility index (Phi) is 3.20. The molecule has 0 aliphatic heterocycles. The summed E-state index contributed by atoms with van der Waals surface area (Å²) in [6.45, 7) is 1.90. The van der Waals surface area contributed by atoms with Crippen molar-refractivity contribution in [1.82, 2.24) is 0 Å². The lowest BCUT2D eigenvalue weighted by Gasteiger charge is -2.12. The molecule has 0 bridgehead atoms. The molecule has 2 rings (SSSR count). The first-order valence-electron chi connectivity index (χ1n) is 5.14. The van der Waals surface area contributed by atoms with E-state index in [2.05, 4.69) is 5.32 Å². The van der Waals surface area contributed by atoms with Crippen molar-refractivity contribution in [2.45, 2.75) is 6.92 Å². The fourth-order valence-electron chi connectivity index (χ4n) is 1.52. The van der Waals surface area contributed by atoms with Crippen LogP contribution in [0.1, 0.15) is 5.56 Å². The van der Waals surface area contributed by atoms with Crippen molar-refractivity contribution >= 4 is 28.7 Å². The summed E-state index contributed by atoms with van der Waals surface area (Å²) in [6.07, 6.45) is 0. The number of nitrogen functional groups attached to an aromatic ring is 1. The molecule has 2 nitrogen and oxygen atoms in total. The van der Waals surface area contributed by atoms with Crippen LogP contribution >= 0.6 is 11.6 Å². The molecule has 0 saturated heterocycles. The first kappa shape index (κ1) is 11.7. The number of hydrogen-bond acceptors (Lipinski definition) is 2. The second kappa shape index (κ2) is 4.63. The molecular formula is C13H12ClFN2. The van der Waals surface area contributed by atoms with Gasteiger partial charge in [-0.3, -0.25) is 0 Å². The topological polar surface area (TPSA) is 38.0 Å². The van der Waals surface area contributed by atoms with Crippen molar-refractivity contribution in [3.05, 3.63) is 52.8 Å². The lowest BCUT2D eigenvalue weighted by atomic mass is 10.2. The Bertz CT molecular complexity index is 555. The normalized spacial score (nSPS) is 10.3. The average molecular weight is 251 g/mol. The van der Waals surface area contributed by atoms with Crippen molar-refractivity contribution in [3.8, 4) is 0 Å². The summed E-state index contributed by atoms with van der Waals surface area (Å²) < 4.78 is 13.1. The third-order valence-corrected chi connectivity index (χ3v) is 2.72. The van der Waals surface area contributed by atoms with Crippen LogP contribution < -0.4 is 11.1 Å². The highest BCUT2D eigenvalue weighted by atomic mass is 35.5. The number of aryl methyl sites for hydroxylation is 1. The maximum atomic E-state index is 13.1. The number of nitrogens with one attached hydrogen (secondary N) is 1. The average Bonchev–Trinajstić information content (AvgIpc) is 2.27. The number of benzene rings is 2. The van der Waals surface area contributed by atoms with E-state index in [4.69, 9.17) is 17.3 Å². The summed E-state index contributed by atoms with van der Waals surface area (Å²) in [4.78, 5) is 0. The van der Waals surface area contributed by atoms with E-state index in [0.29, 0.717) is 22.1 Å². The molecule has 0 heterocycles. The van der Waals surface area contributed by atoms with Crippen LogP contribution in [0.15, 0.2) is 36.4 Å². The zero-order chi connectivity index (χ0) is 12.4. The highest BCUT2D eigenvalue weighted by molar-refractivity contribution is 6.31. The Morgan fingerprint density at radius 3 is 2.59 bits per heavy atom. The molecule has 0 radical (unpaired) electrons. The lowest BCUT2D eigenvalue weighted by molar-refractivity contribution is 0.628. The molecular weight excluding hydrogens is 239 g/mol. The molecule has 17 heavy (non-hydrogen) atoms. The Balaban J connectivity index is 2.34. The number of halogens is 2. The molecule has 0 aromatic heterocycles.